The first kappa shape index (κ1) is 13.0. The molecule has 0 spiro atoms. The van der Waals surface area contributed by atoms with Crippen molar-refractivity contribution < 1.29 is 9.84 Å². The molecule has 0 unspecified atom stereocenters. The monoisotopic (exact) mass is 246 g/mol. The number of rotatable bonds is 4. The summed E-state index contributed by atoms with van der Waals surface area (Å²) in [4.78, 5) is 0. The van der Waals surface area contributed by atoms with Crippen LogP contribution in [0.4, 0.5) is 0 Å². The Labute approximate surface area is 107 Å². The molecule has 0 radical (unpaired) electrons. The molecule has 18 heavy (non-hydrogen) atoms. The zero-order valence-electron chi connectivity index (χ0n) is 10.4. The minimum Gasteiger partial charge on any atom is -0.388 e. The molecule has 4 heteroatoms. The fourth-order valence-corrected chi connectivity index (χ4v) is 2.06. The minimum atomic E-state index is -0.634. The van der Waals surface area contributed by atoms with E-state index in [2.05, 4.69) is 11.4 Å². The third kappa shape index (κ3) is 3.54. The molecule has 0 amide bonds. The summed E-state index contributed by atoms with van der Waals surface area (Å²) in [5, 5.41) is 22.2. The van der Waals surface area contributed by atoms with Crippen LogP contribution >= 0.6 is 0 Å². The van der Waals surface area contributed by atoms with Gasteiger partial charge in [0.25, 0.3) is 0 Å². The van der Waals surface area contributed by atoms with Crippen molar-refractivity contribution in [3.8, 4) is 6.07 Å². The van der Waals surface area contributed by atoms with Gasteiger partial charge < -0.3 is 15.2 Å². The van der Waals surface area contributed by atoms with Crippen molar-refractivity contribution >= 4 is 0 Å². The van der Waals surface area contributed by atoms with Crippen LogP contribution in [-0.2, 0) is 11.3 Å². The van der Waals surface area contributed by atoms with Gasteiger partial charge in [0.15, 0.2) is 0 Å². The lowest BCUT2D eigenvalue weighted by atomic mass is 9.94. The van der Waals surface area contributed by atoms with E-state index in [4.69, 9.17) is 10.00 Å². The largest absolute Gasteiger partial charge is 0.388 e. The Hall–Kier alpha value is -1.41. The van der Waals surface area contributed by atoms with Crippen LogP contribution in [0.2, 0.25) is 0 Å². The quantitative estimate of drug-likeness (QED) is 0.837. The first-order valence-electron chi connectivity index (χ1n) is 6.22. The number of nitrogens with one attached hydrogen (secondary N) is 1. The number of benzene rings is 1. The van der Waals surface area contributed by atoms with Crippen LogP contribution in [0.25, 0.3) is 0 Å². The Bertz CT molecular complexity index is 416. The van der Waals surface area contributed by atoms with Crippen LogP contribution in [0.3, 0.4) is 0 Å². The maximum absolute atomic E-state index is 10.2. The molecule has 0 aromatic heterocycles. The van der Waals surface area contributed by atoms with Crippen LogP contribution in [-0.4, -0.2) is 30.5 Å². The van der Waals surface area contributed by atoms with Gasteiger partial charge in [-0.15, -0.1) is 0 Å². The number of nitrogens with zero attached hydrogens (tertiary/aromatic N) is 1. The number of ether oxygens (including phenoxy) is 1. The van der Waals surface area contributed by atoms with Crippen molar-refractivity contribution in [2.45, 2.75) is 25.0 Å². The summed E-state index contributed by atoms with van der Waals surface area (Å²) < 4.78 is 5.24. The standard InChI is InChI=1S/C14H18N2O2/c15-9-12-1-3-13(4-2-12)10-16-11-14(17)5-7-18-8-6-14/h1-4,16-17H,5-8,10-11H2. The summed E-state index contributed by atoms with van der Waals surface area (Å²) in [5.74, 6) is 0. The molecule has 4 nitrogen and oxygen atoms in total. The van der Waals surface area contributed by atoms with Crippen LogP contribution in [0.5, 0.6) is 0 Å². The van der Waals surface area contributed by atoms with E-state index in [-0.39, 0.29) is 0 Å². The lowest BCUT2D eigenvalue weighted by Gasteiger charge is -2.32. The van der Waals surface area contributed by atoms with Crippen LogP contribution in [0.15, 0.2) is 24.3 Å². The van der Waals surface area contributed by atoms with Gasteiger partial charge in [-0.2, -0.15) is 5.26 Å². The van der Waals surface area contributed by atoms with E-state index >= 15 is 0 Å². The topological polar surface area (TPSA) is 65.3 Å². The van der Waals surface area contributed by atoms with E-state index < -0.39 is 5.60 Å². The predicted octanol–water partition coefficient (Wildman–Crippen LogP) is 1.19. The molecule has 1 heterocycles. The van der Waals surface area contributed by atoms with E-state index in [1.54, 1.807) is 12.1 Å². The number of hydrogen-bond donors (Lipinski definition) is 2. The van der Waals surface area contributed by atoms with Gasteiger partial charge in [-0.05, 0) is 17.7 Å². The number of hydrogen-bond acceptors (Lipinski definition) is 4. The number of aliphatic hydroxyl groups is 1. The maximum Gasteiger partial charge on any atom is 0.0991 e. The predicted molar refractivity (Wildman–Crippen MR) is 67.9 cm³/mol. The molecule has 1 aromatic rings. The van der Waals surface area contributed by atoms with Crippen LogP contribution in [0, 0.1) is 11.3 Å². The molecular weight excluding hydrogens is 228 g/mol. The normalized spacial score (nSPS) is 18.2. The zero-order valence-corrected chi connectivity index (χ0v) is 10.4. The van der Waals surface area contributed by atoms with Gasteiger partial charge in [-0.25, -0.2) is 0 Å². The lowest BCUT2D eigenvalue weighted by molar-refractivity contribution is -0.0617. The smallest absolute Gasteiger partial charge is 0.0991 e. The molecule has 0 aliphatic carbocycles. The number of nitriles is 1. The fraction of sp³-hybridized carbons (Fsp3) is 0.500. The van der Waals surface area contributed by atoms with Gasteiger partial charge in [0.1, 0.15) is 0 Å². The highest BCUT2D eigenvalue weighted by atomic mass is 16.5. The zero-order chi connectivity index (χ0) is 12.8. The van der Waals surface area contributed by atoms with Crippen molar-refractivity contribution in [1.82, 2.24) is 5.32 Å². The highest BCUT2D eigenvalue weighted by Gasteiger charge is 2.28. The molecule has 2 rings (SSSR count). The van der Waals surface area contributed by atoms with E-state index in [1.807, 2.05) is 12.1 Å². The highest BCUT2D eigenvalue weighted by molar-refractivity contribution is 5.31. The van der Waals surface area contributed by atoms with Crippen molar-refractivity contribution in [1.29, 1.82) is 5.26 Å². The molecule has 1 saturated heterocycles. The van der Waals surface area contributed by atoms with Crippen molar-refractivity contribution in [2.75, 3.05) is 19.8 Å². The minimum absolute atomic E-state index is 0.580. The van der Waals surface area contributed by atoms with Gasteiger partial charge in [-0.3, -0.25) is 0 Å². The second-order valence-electron chi connectivity index (χ2n) is 4.75. The Balaban J connectivity index is 1.79. The molecule has 0 atom stereocenters. The summed E-state index contributed by atoms with van der Waals surface area (Å²) in [6.45, 7) is 2.55. The molecule has 0 saturated carbocycles. The lowest BCUT2D eigenvalue weighted by Crippen LogP contribution is -2.44. The van der Waals surface area contributed by atoms with Crippen molar-refractivity contribution in [3.63, 3.8) is 0 Å². The SMILES string of the molecule is N#Cc1ccc(CNCC2(O)CCOCC2)cc1. The Morgan fingerprint density at radius 3 is 2.56 bits per heavy atom. The molecule has 2 N–H and O–H groups in total. The van der Waals surface area contributed by atoms with Crippen molar-refractivity contribution in [3.05, 3.63) is 35.4 Å². The van der Waals surface area contributed by atoms with Crippen LogP contribution < -0.4 is 5.32 Å². The average Bonchev–Trinajstić information content (AvgIpc) is 2.40. The maximum atomic E-state index is 10.2. The van der Waals surface area contributed by atoms with Gasteiger partial charge in [-0.1, -0.05) is 12.1 Å². The molecule has 1 fully saturated rings. The van der Waals surface area contributed by atoms with E-state index in [1.165, 1.54) is 0 Å². The third-order valence-corrected chi connectivity index (χ3v) is 3.29. The van der Waals surface area contributed by atoms with E-state index in [0.29, 0.717) is 44.7 Å². The summed E-state index contributed by atoms with van der Waals surface area (Å²) in [6.07, 6.45) is 1.38. The molecule has 0 bridgehead atoms. The first-order chi connectivity index (χ1) is 8.72. The van der Waals surface area contributed by atoms with Gasteiger partial charge in [0.2, 0.25) is 0 Å². The van der Waals surface area contributed by atoms with Crippen molar-refractivity contribution in [2.24, 2.45) is 0 Å². The summed E-state index contributed by atoms with van der Waals surface area (Å²) in [7, 11) is 0. The molecule has 1 aromatic carbocycles. The van der Waals surface area contributed by atoms with Gasteiger partial charge in [0.05, 0.1) is 17.2 Å². The fourth-order valence-electron chi connectivity index (χ4n) is 2.06. The third-order valence-electron chi connectivity index (χ3n) is 3.29. The Morgan fingerprint density at radius 2 is 1.94 bits per heavy atom. The Kier molecular flexibility index (Phi) is 4.32. The average molecular weight is 246 g/mol. The van der Waals surface area contributed by atoms with Crippen LogP contribution in [0.1, 0.15) is 24.0 Å². The van der Waals surface area contributed by atoms with E-state index in [9.17, 15) is 5.11 Å². The summed E-state index contributed by atoms with van der Waals surface area (Å²) >= 11 is 0. The van der Waals surface area contributed by atoms with E-state index in [0.717, 1.165) is 5.56 Å². The molecule has 1 aliphatic rings. The second-order valence-corrected chi connectivity index (χ2v) is 4.75. The first-order valence-corrected chi connectivity index (χ1v) is 6.22. The Morgan fingerprint density at radius 1 is 1.28 bits per heavy atom. The summed E-state index contributed by atoms with van der Waals surface area (Å²) in [5.41, 5.74) is 1.15. The summed E-state index contributed by atoms with van der Waals surface area (Å²) in [6, 6.07) is 9.57. The highest BCUT2D eigenvalue weighted by Crippen LogP contribution is 2.19. The second kappa shape index (κ2) is 5.96. The molecule has 1 aliphatic heterocycles. The molecule has 96 valence electrons. The molecular formula is C14H18N2O2. The van der Waals surface area contributed by atoms with Gasteiger partial charge in [0, 0.05) is 39.1 Å². The van der Waals surface area contributed by atoms with Gasteiger partial charge >= 0.3 is 0 Å².